The Morgan fingerprint density at radius 2 is 1.90 bits per heavy atom. The van der Waals surface area contributed by atoms with Gasteiger partial charge < -0.3 is 10.6 Å². The second-order valence-corrected chi connectivity index (χ2v) is 5.14. The molecule has 0 saturated carbocycles. The molecule has 2 N–H and O–H groups in total. The van der Waals surface area contributed by atoms with Crippen molar-refractivity contribution in [2.75, 3.05) is 18.4 Å². The van der Waals surface area contributed by atoms with Crippen molar-refractivity contribution in [2.45, 2.75) is 25.7 Å². The molecule has 0 radical (unpaired) electrons. The lowest BCUT2D eigenvalue weighted by molar-refractivity contribution is -0.116. The van der Waals surface area contributed by atoms with E-state index in [9.17, 15) is 22.4 Å². The van der Waals surface area contributed by atoms with Gasteiger partial charge in [0, 0.05) is 12.5 Å². The topological polar surface area (TPSA) is 41.1 Å². The lowest BCUT2D eigenvalue weighted by Crippen LogP contribution is -2.30. The van der Waals surface area contributed by atoms with Crippen LogP contribution < -0.4 is 10.6 Å². The molecule has 1 heterocycles. The molecule has 116 valence electrons. The molecule has 1 aromatic carbocycles. The van der Waals surface area contributed by atoms with Gasteiger partial charge >= 0.3 is 0 Å². The van der Waals surface area contributed by atoms with Gasteiger partial charge in [-0.15, -0.1) is 0 Å². The fourth-order valence-electron chi connectivity index (χ4n) is 2.39. The molecule has 0 aliphatic carbocycles. The number of benzene rings is 1. The van der Waals surface area contributed by atoms with Crippen LogP contribution in [0.2, 0.25) is 0 Å². The van der Waals surface area contributed by atoms with Crippen LogP contribution in [0.4, 0.5) is 23.2 Å². The molecule has 1 saturated heterocycles. The van der Waals surface area contributed by atoms with E-state index in [4.69, 9.17) is 0 Å². The van der Waals surface area contributed by atoms with Crippen LogP contribution in [0.25, 0.3) is 0 Å². The predicted octanol–water partition coefficient (Wildman–Crippen LogP) is 2.96. The van der Waals surface area contributed by atoms with Gasteiger partial charge in [-0.05, 0) is 38.3 Å². The van der Waals surface area contributed by atoms with Crippen molar-refractivity contribution in [3.63, 3.8) is 0 Å². The van der Waals surface area contributed by atoms with Gasteiger partial charge in [0.25, 0.3) is 0 Å². The van der Waals surface area contributed by atoms with Crippen molar-refractivity contribution in [3.8, 4) is 0 Å². The normalized spacial score (nSPS) is 18.6. The van der Waals surface area contributed by atoms with E-state index in [1.54, 1.807) is 0 Å². The van der Waals surface area contributed by atoms with Gasteiger partial charge in [-0.2, -0.15) is 0 Å². The predicted molar refractivity (Wildman–Crippen MR) is 69.7 cm³/mol. The molecule has 1 fully saturated rings. The monoisotopic (exact) mass is 304 g/mol. The molecule has 1 aliphatic heterocycles. The van der Waals surface area contributed by atoms with Gasteiger partial charge in [-0.3, -0.25) is 4.79 Å². The Kier molecular flexibility index (Phi) is 5.17. The highest BCUT2D eigenvalue weighted by Gasteiger charge is 2.21. The Morgan fingerprint density at radius 1 is 1.24 bits per heavy atom. The fraction of sp³-hybridized carbons (Fsp3) is 0.500. The molecule has 0 aromatic heterocycles. The lowest BCUT2D eigenvalue weighted by Gasteiger charge is -2.22. The summed E-state index contributed by atoms with van der Waals surface area (Å²) in [5.74, 6) is -6.61. The molecule has 2 rings (SSSR count). The second kappa shape index (κ2) is 6.89. The average Bonchev–Trinajstić information content (AvgIpc) is 2.48. The Balaban J connectivity index is 1.96. The molecular weight excluding hydrogens is 288 g/mol. The molecule has 1 amide bonds. The summed E-state index contributed by atoms with van der Waals surface area (Å²) in [7, 11) is 0. The van der Waals surface area contributed by atoms with Gasteiger partial charge in [0.15, 0.2) is 23.3 Å². The van der Waals surface area contributed by atoms with Crippen molar-refractivity contribution in [2.24, 2.45) is 5.92 Å². The maximum Gasteiger partial charge on any atom is 0.224 e. The highest BCUT2D eigenvalue weighted by Crippen LogP contribution is 2.24. The first-order valence-corrected chi connectivity index (χ1v) is 6.82. The number of hydrogen-bond donors (Lipinski definition) is 2. The number of carbonyl (C=O) groups is 1. The summed E-state index contributed by atoms with van der Waals surface area (Å²) in [6.45, 7) is 1.74. The summed E-state index contributed by atoms with van der Waals surface area (Å²) in [4.78, 5) is 11.7. The summed E-state index contributed by atoms with van der Waals surface area (Å²) in [5.41, 5.74) is -1.07. The Labute approximate surface area is 119 Å². The van der Waals surface area contributed by atoms with Crippen molar-refractivity contribution in [3.05, 3.63) is 29.3 Å². The molecular formula is C14H16F4N2O. The smallest absolute Gasteiger partial charge is 0.224 e. The van der Waals surface area contributed by atoms with E-state index in [2.05, 4.69) is 5.32 Å². The first-order valence-electron chi connectivity index (χ1n) is 6.82. The zero-order valence-corrected chi connectivity index (χ0v) is 11.3. The molecule has 1 aliphatic rings. The molecule has 3 nitrogen and oxygen atoms in total. The van der Waals surface area contributed by atoms with Crippen LogP contribution in [0, 0.1) is 29.2 Å². The van der Waals surface area contributed by atoms with Crippen LogP contribution in [0.15, 0.2) is 6.07 Å². The van der Waals surface area contributed by atoms with Crippen LogP contribution >= 0.6 is 0 Å². The van der Waals surface area contributed by atoms with Gasteiger partial charge in [-0.25, -0.2) is 17.6 Å². The quantitative estimate of drug-likeness (QED) is 0.663. The number of hydrogen-bond acceptors (Lipinski definition) is 2. The van der Waals surface area contributed by atoms with Crippen LogP contribution in [0.1, 0.15) is 25.7 Å². The third-order valence-electron chi connectivity index (χ3n) is 3.55. The largest absolute Gasteiger partial charge is 0.321 e. The van der Waals surface area contributed by atoms with E-state index in [-0.39, 0.29) is 12.5 Å². The fourth-order valence-corrected chi connectivity index (χ4v) is 2.39. The first-order chi connectivity index (χ1) is 9.99. The zero-order valence-electron chi connectivity index (χ0n) is 11.3. The Bertz CT molecular complexity index is 504. The minimum Gasteiger partial charge on any atom is -0.321 e. The van der Waals surface area contributed by atoms with E-state index in [1.807, 2.05) is 5.32 Å². The number of nitrogens with one attached hydrogen (secondary N) is 2. The summed E-state index contributed by atoms with van der Waals surface area (Å²) in [6.07, 6.45) is 2.60. The number of carbonyl (C=O) groups excluding carboxylic acids is 1. The van der Waals surface area contributed by atoms with Gasteiger partial charge in [0.2, 0.25) is 5.91 Å². The Hall–Kier alpha value is -1.63. The van der Waals surface area contributed by atoms with E-state index >= 15 is 0 Å². The van der Waals surface area contributed by atoms with E-state index < -0.39 is 34.9 Å². The molecule has 1 unspecified atom stereocenters. The number of anilines is 1. The van der Waals surface area contributed by atoms with Crippen LogP contribution in [0.3, 0.4) is 0 Å². The second-order valence-electron chi connectivity index (χ2n) is 5.14. The molecule has 21 heavy (non-hydrogen) atoms. The summed E-state index contributed by atoms with van der Waals surface area (Å²) < 4.78 is 52.8. The highest BCUT2D eigenvalue weighted by atomic mass is 19.2. The standard InChI is InChI=1S/C14H16F4N2O/c15-9-6-10(16)13(18)14(12(9)17)20-11(21)4-3-8-2-1-5-19-7-8/h6,8,19H,1-5,7H2,(H,20,21). The maximum absolute atomic E-state index is 13.4. The molecule has 0 bridgehead atoms. The third-order valence-corrected chi connectivity index (χ3v) is 3.55. The average molecular weight is 304 g/mol. The van der Waals surface area contributed by atoms with Crippen molar-refractivity contribution in [1.82, 2.24) is 5.32 Å². The van der Waals surface area contributed by atoms with E-state index in [1.165, 1.54) is 0 Å². The molecule has 1 aromatic rings. The van der Waals surface area contributed by atoms with Gasteiger partial charge in [0.1, 0.15) is 5.69 Å². The SMILES string of the molecule is O=C(CCC1CCCNC1)Nc1c(F)c(F)cc(F)c1F. The molecule has 0 spiro atoms. The summed E-state index contributed by atoms with van der Waals surface area (Å²) in [5, 5.41) is 5.10. The zero-order chi connectivity index (χ0) is 15.4. The Morgan fingerprint density at radius 3 is 2.48 bits per heavy atom. The number of halogens is 4. The van der Waals surface area contributed by atoms with Gasteiger partial charge in [0.05, 0.1) is 0 Å². The number of amides is 1. The van der Waals surface area contributed by atoms with E-state index in [0.717, 1.165) is 25.9 Å². The maximum atomic E-state index is 13.4. The number of piperidine rings is 1. The first kappa shape index (κ1) is 15.8. The van der Waals surface area contributed by atoms with E-state index in [0.29, 0.717) is 12.3 Å². The third kappa shape index (κ3) is 3.93. The van der Waals surface area contributed by atoms with Crippen molar-refractivity contribution >= 4 is 11.6 Å². The number of rotatable bonds is 4. The van der Waals surface area contributed by atoms with Crippen LogP contribution in [0.5, 0.6) is 0 Å². The highest BCUT2D eigenvalue weighted by molar-refractivity contribution is 5.91. The summed E-state index contributed by atoms with van der Waals surface area (Å²) in [6, 6.07) is 0.105. The van der Waals surface area contributed by atoms with Crippen LogP contribution in [-0.4, -0.2) is 19.0 Å². The molecule has 7 heteroatoms. The van der Waals surface area contributed by atoms with Crippen molar-refractivity contribution in [1.29, 1.82) is 0 Å². The minimum atomic E-state index is -1.60. The van der Waals surface area contributed by atoms with Crippen molar-refractivity contribution < 1.29 is 22.4 Å². The molecule has 1 atom stereocenters. The van der Waals surface area contributed by atoms with Gasteiger partial charge in [-0.1, -0.05) is 0 Å². The lowest BCUT2D eigenvalue weighted by atomic mass is 9.94. The van der Waals surface area contributed by atoms with Crippen LogP contribution in [-0.2, 0) is 4.79 Å². The minimum absolute atomic E-state index is 0.0450. The summed E-state index contributed by atoms with van der Waals surface area (Å²) >= 11 is 0.